The standard InChI is InChI=1S/C13H20O4/c1-4-9-7(2)10(14)8-5-6-13(9,11(8)15)12(16)17-3/h7-10,14H,4-6H2,1-3H3/t7-,8+,9+,10+,13+/m1/s1. The lowest BCUT2D eigenvalue weighted by molar-refractivity contribution is -0.170. The molecule has 0 radical (unpaired) electrons. The van der Waals surface area contributed by atoms with E-state index in [1.807, 2.05) is 13.8 Å². The van der Waals surface area contributed by atoms with Crippen molar-refractivity contribution < 1.29 is 19.4 Å². The zero-order valence-electron chi connectivity index (χ0n) is 10.6. The van der Waals surface area contributed by atoms with Crippen LogP contribution in [0, 0.1) is 23.2 Å². The van der Waals surface area contributed by atoms with Crippen LogP contribution < -0.4 is 0 Å². The van der Waals surface area contributed by atoms with E-state index in [2.05, 4.69) is 0 Å². The van der Waals surface area contributed by atoms with Crippen LogP contribution in [0.3, 0.4) is 0 Å². The average molecular weight is 240 g/mol. The molecule has 2 saturated carbocycles. The Morgan fingerprint density at radius 2 is 2.24 bits per heavy atom. The van der Waals surface area contributed by atoms with E-state index in [9.17, 15) is 14.7 Å². The number of hydrogen-bond acceptors (Lipinski definition) is 4. The Labute approximate surface area is 101 Å². The van der Waals surface area contributed by atoms with Crippen LogP contribution in [0.25, 0.3) is 0 Å². The number of carbonyl (C=O) groups excluding carboxylic acids is 2. The van der Waals surface area contributed by atoms with E-state index in [1.54, 1.807) is 0 Å². The summed E-state index contributed by atoms with van der Waals surface area (Å²) in [6, 6.07) is 0. The van der Waals surface area contributed by atoms with Gasteiger partial charge in [0.05, 0.1) is 13.2 Å². The number of esters is 1. The molecule has 2 aliphatic carbocycles. The third-order valence-corrected chi connectivity index (χ3v) is 4.83. The Bertz CT molecular complexity index is 351. The van der Waals surface area contributed by atoms with Crippen molar-refractivity contribution in [2.45, 2.75) is 39.2 Å². The zero-order valence-corrected chi connectivity index (χ0v) is 10.6. The van der Waals surface area contributed by atoms with E-state index < -0.39 is 17.5 Å². The SMILES string of the molecule is CC[C@H]1[C@@H](C)[C@H](O)[C@@H]2CC[C@@]1(C(=O)OC)C2=O. The van der Waals surface area contributed by atoms with Gasteiger partial charge in [0.25, 0.3) is 0 Å². The molecule has 2 bridgehead atoms. The summed E-state index contributed by atoms with van der Waals surface area (Å²) in [5.74, 6) is -0.996. The minimum atomic E-state index is -0.979. The molecule has 2 rings (SSSR count). The summed E-state index contributed by atoms with van der Waals surface area (Å²) in [5.41, 5.74) is -0.979. The van der Waals surface area contributed by atoms with Gasteiger partial charge in [-0.2, -0.15) is 0 Å². The van der Waals surface area contributed by atoms with Crippen LogP contribution >= 0.6 is 0 Å². The highest BCUT2D eigenvalue weighted by Crippen LogP contribution is 2.55. The quantitative estimate of drug-likeness (QED) is 0.581. The van der Waals surface area contributed by atoms with E-state index >= 15 is 0 Å². The number of ether oxygens (including phenoxy) is 1. The van der Waals surface area contributed by atoms with Crippen molar-refractivity contribution in [3.8, 4) is 0 Å². The van der Waals surface area contributed by atoms with Gasteiger partial charge >= 0.3 is 5.97 Å². The summed E-state index contributed by atoms with van der Waals surface area (Å²) in [4.78, 5) is 24.4. The second-order valence-corrected chi connectivity index (χ2v) is 5.34. The fraction of sp³-hybridized carbons (Fsp3) is 0.846. The molecule has 0 amide bonds. The Balaban J connectivity index is 2.48. The van der Waals surface area contributed by atoms with E-state index in [1.165, 1.54) is 7.11 Å². The first-order chi connectivity index (χ1) is 8.00. The minimum absolute atomic E-state index is 0.0238. The molecule has 0 unspecified atom stereocenters. The minimum Gasteiger partial charge on any atom is -0.468 e. The fourth-order valence-corrected chi connectivity index (χ4v) is 3.97. The number of aliphatic hydroxyl groups is 1. The molecule has 0 aromatic heterocycles. The van der Waals surface area contributed by atoms with Gasteiger partial charge in [0, 0.05) is 5.92 Å². The molecule has 0 aliphatic heterocycles. The number of fused-ring (bicyclic) bond motifs is 2. The smallest absolute Gasteiger partial charge is 0.319 e. The van der Waals surface area contributed by atoms with Crippen molar-refractivity contribution in [2.75, 3.05) is 7.11 Å². The summed E-state index contributed by atoms with van der Waals surface area (Å²) in [6.07, 6.45) is 1.25. The van der Waals surface area contributed by atoms with Crippen molar-refractivity contribution >= 4 is 11.8 Å². The van der Waals surface area contributed by atoms with Gasteiger partial charge in [0.15, 0.2) is 5.78 Å². The number of aliphatic hydroxyl groups excluding tert-OH is 1. The Hall–Kier alpha value is -0.900. The van der Waals surface area contributed by atoms with Crippen LogP contribution in [-0.2, 0) is 14.3 Å². The highest BCUT2D eigenvalue weighted by molar-refractivity contribution is 6.07. The lowest BCUT2D eigenvalue weighted by atomic mass is 9.60. The first kappa shape index (κ1) is 12.6. The Kier molecular flexibility index (Phi) is 3.02. The third-order valence-electron chi connectivity index (χ3n) is 4.83. The van der Waals surface area contributed by atoms with Crippen molar-refractivity contribution in [1.29, 1.82) is 0 Å². The molecule has 96 valence electrons. The molecule has 2 fully saturated rings. The van der Waals surface area contributed by atoms with Gasteiger partial charge in [0.2, 0.25) is 0 Å². The maximum Gasteiger partial charge on any atom is 0.319 e. The predicted molar refractivity (Wildman–Crippen MR) is 61.1 cm³/mol. The second kappa shape index (κ2) is 4.09. The summed E-state index contributed by atoms with van der Waals surface area (Å²) < 4.78 is 4.86. The van der Waals surface area contributed by atoms with E-state index in [0.717, 1.165) is 0 Å². The van der Waals surface area contributed by atoms with E-state index in [-0.39, 0.29) is 23.5 Å². The van der Waals surface area contributed by atoms with Crippen LogP contribution in [0.15, 0.2) is 0 Å². The number of ketones is 1. The second-order valence-electron chi connectivity index (χ2n) is 5.34. The number of rotatable bonds is 2. The largest absolute Gasteiger partial charge is 0.468 e. The first-order valence-corrected chi connectivity index (χ1v) is 6.31. The molecule has 0 spiro atoms. The highest BCUT2D eigenvalue weighted by atomic mass is 16.5. The zero-order chi connectivity index (χ0) is 12.8. The maximum absolute atomic E-state index is 12.4. The summed E-state index contributed by atoms with van der Waals surface area (Å²) >= 11 is 0. The number of carbonyl (C=O) groups is 2. The first-order valence-electron chi connectivity index (χ1n) is 6.31. The van der Waals surface area contributed by atoms with Gasteiger partial charge in [-0.3, -0.25) is 9.59 Å². The molecular formula is C13H20O4. The monoisotopic (exact) mass is 240 g/mol. The summed E-state index contributed by atoms with van der Waals surface area (Å²) in [5, 5.41) is 10.1. The van der Waals surface area contributed by atoms with Crippen LogP contribution in [-0.4, -0.2) is 30.1 Å². The summed E-state index contributed by atoms with van der Waals surface area (Å²) in [7, 11) is 1.33. The number of Topliss-reactive ketones (excluding diaryl/α,β-unsaturated/α-hetero) is 1. The topological polar surface area (TPSA) is 63.6 Å². The molecule has 4 heteroatoms. The van der Waals surface area contributed by atoms with Crippen LogP contribution in [0.2, 0.25) is 0 Å². The molecule has 4 nitrogen and oxygen atoms in total. The van der Waals surface area contributed by atoms with E-state index in [0.29, 0.717) is 19.3 Å². The van der Waals surface area contributed by atoms with Gasteiger partial charge in [-0.15, -0.1) is 0 Å². The Morgan fingerprint density at radius 1 is 1.59 bits per heavy atom. The highest BCUT2D eigenvalue weighted by Gasteiger charge is 2.65. The molecule has 5 atom stereocenters. The summed E-state index contributed by atoms with van der Waals surface area (Å²) in [6.45, 7) is 3.89. The van der Waals surface area contributed by atoms with Gasteiger partial charge in [0.1, 0.15) is 5.41 Å². The van der Waals surface area contributed by atoms with Crippen LogP contribution in [0.4, 0.5) is 0 Å². The average Bonchev–Trinajstić information content (AvgIpc) is 2.61. The molecule has 17 heavy (non-hydrogen) atoms. The molecule has 1 N–H and O–H groups in total. The van der Waals surface area contributed by atoms with E-state index in [4.69, 9.17) is 4.74 Å². The van der Waals surface area contributed by atoms with Gasteiger partial charge in [-0.1, -0.05) is 20.3 Å². The number of hydrogen-bond donors (Lipinski definition) is 1. The van der Waals surface area contributed by atoms with Crippen molar-refractivity contribution in [2.24, 2.45) is 23.2 Å². The van der Waals surface area contributed by atoms with Crippen LogP contribution in [0.5, 0.6) is 0 Å². The van der Waals surface area contributed by atoms with Crippen LogP contribution in [0.1, 0.15) is 33.1 Å². The molecular weight excluding hydrogens is 220 g/mol. The lowest BCUT2D eigenvalue weighted by Gasteiger charge is -2.43. The molecule has 0 heterocycles. The van der Waals surface area contributed by atoms with Gasteiger partial charge in [-0.25, -0.2) is 0 Å². The molecule has 2 aliphatic rings. The van der Waals surface area contributed by atoms with Crippen molar-refractivity contribution in [3.63, 3.8) is 0 Å². The van der Waals surface area contributed by atoms with Crippen molar-refractivity contribution in [1.82, 2.24) is 0 Å². The van der Waals surface area contributed by atoms with Gasteiger partial charge in [-0.05, 0) is 24.7 Å². The third kappa shape index (κ3) is 1.39. The van der Waals surface area contributed by atoms with Gasteiger partial charge < -0.3 is 9.84 Å². The Morgan fingerprint density at radius 3 is 2.76 bits per heavy atom. The molecule has 0 aromatic rings. The normalized spacial score (nSPS) is 44.8. The predicted octanol–water partition coefficient (Wildman–Crippen LogP) is 1.16. The fourth-order valence-electron chi connectivity index (χ4n) is 3.97. The molecule has 0 saturated heterocycles. The number of methoxy groups -OCH3 is 1. The lowest BCUT2D eigenvalue weighted by Crippen LogP contribution is -2.55. The van der Waals surface area contributed by atoms with Crippen molar-refractivity contribution in [3.05, 3.63) is 0 Å². The molecule has 0 aromatic carbocycles. The maximum atomic E-state index is 12.4.